The molecule has 1 aromatic rings. The van der Waals surface area contributed by atoms with E-state index in [1.165, 1.54) is 0 Å². The van der Waals surface area contributed by atoms with Gasteiger partial charge in [-0.3, -0.25) is 4.79 Å². The number of ether oxygens (including phenoxy) is 3. The first-order chi connectivity index (χ1) is 9.02. The van der Waals surface area contributed by atoms with Gasteiger partial charge in [-0.05, 0) is 32.9 Å². The van der Waals surface area contributed by atoms with Crippen molar-refractivity contribution in [1.29, 1.82) is 0 Å². The monoisotopic (exact) mass is 264 g/mol. The number of Topliss-reactive ketones (excluding diaryl/α,β-unsaturated/α-hetero) is 1. The molecular weight excluding hydrogens is 244 g/mol. The van der Waals surface area contributed by atoms with Crippen LogP contribution in [0.2, 0.25) is 0 Å². The Morgan fingerprint density at radius 2 is 2.11 bits per heavy atom. The van der Waals surface area contributed by atoms with Gasteiger partial charge in [-0.2, -0.15) is 0 Å². The third-order valence-corrected chi connectivity index (χ3v) is 2.93. The third-order valence-electron chi connectivity index (χ3n) is 2.93. The Hall–Kier alpha value is -1.55. The SMILES string of the molecule is CCOCCOc1ccc2c(c1)OC(C)(C)CC2=O. The number of rotatable bonds is 5. The Balaban J connectivity index is 2.08. The van der Waals surface area contributed by atoms with Crippen molar-refractivity contribution in [3.63, 3.8) is 0 Å². The minimum absolute atomic E-state index is 0.118. The zero-order chi connectivity index (χ0) is 13.9. The highest BCUT2D eigenvalue weighted by Crippen LogP contribution is 2.35. The molecule has 19 heavy (non-hydrogen) atoms. The summed E-state index contributed by atoms with van der Waals surface area (Å²) >= 11 is 0. The van der Waals surface area contributed by atoms with Gasteiger partial charge in [0, 0.05) is 12.7 Å². The lowest BCUT2D eigenvalue weighted by Crippen LogP contribution is -2.35. The highest BCUT2D eigenvalue weighted by atomic mass is 16.5. The number of benzene rings is 1. The minimum atomic E-state index is -0.450. The van der Waals surface area contributed by atoms with Crippen LogP contribution in [0.15, 0.2) is 18.2 Å². The number of ketones is 1. The van der Waals surface area contributed by atoms with E-state index in [2.05, 4.69) is 0 Å². The number of carbonyl (C=O) groups excluding carboxylic acids is 1. The van der Waals surface area contributed by atoms with E-state index < -0.39 is 5.60 Å². The average Bonchev–Trinajstić information content (AvgIpc) is 2.32. The molecule has 0 saturated heterocycles. The predicted octanol–water partition coefficient (Wildman–Crippen LogP) is 2.85. The van der Waals surface area contributed by atoms with Crippen molar-refractivity contribution in [2.24, 2.45) is 0 Å². The molecule has 1 aromatic carbocycles. The Bertz CT molecular complexity index is 465. The summed E-state index contributed by atoms with van der Waals surface area (Å²) in [6.07, 6.45) is 0.407. The quantitative estimate of drug-likeness (QED) is 0.767. The maximum Gasteiger partial charge on any atom is 0.170 e. The van der Waals surface area contributed by atoms with Crippen molar-refractivity contribution < 1.29 is 19.0 Å². The molecule has 1 aliphatic rings. The molecule has 0 radical (unpaired) electrons. The highest BCUT2D eigenvalue weighted by Gasteiger charge is 2.32. The molecule has 0 bridgehead atoms. The number of carbonyl (C=O) groups is 1. The molecular formula is C15H20O4. The molecule has 0 spiro atoms. The van der Waals surface area contributed by atoms with Gasteiger partial charge >= 0.3 is 0 Å². The van der Waals surface area contributed by atoms with Crippen LogP contribution in [0.5, 0.6) is 11.5 Å². The minimum Gasteiger partial charge on any atom is -0.491 e. The maximum absolute atomic E-state index is 12.0. The smallest absolute Gasteiger partial charge is 0.170 e. The lowest BCUT2D eigenvalue weighted by molar-refractivity contribution is 0.0616. The molecule has 0 amide bonds. The fraction of sp³-hybridized carbons (Fsp3) is 0.533. The second-order valence-electron chi connectivity index (χ2n) is 5.17. The van der Waals surface area contributed by atoms with E-state index in [0.29, 0.717) is 43.3 Å². The fourth-order valence-electron chi connectivity index (χ4n) is 2.09. The largest absolute Gasteiger partial charge is 0.491 e. The van der Waals surface area contributed by atoms with Crippen LogP contribution in [0.3, 0.4) is 0 Å². The van der Waals surface area contributed by atoms with E-state index >= 15 is 0 Å². The summed E-state index contributed by atoms with van der Waals surface area (Å²) in [5.41, 5.74) is 0.185. The summed E-state index contributed by atoms with van der Waals surface area (Å²) in [7, 11) is 0. The van der Waals surface area contributed by atoms with Gasteiger partial charge in [0.1, 0.15) is 23.7 Å². The molecule has 0 atom stereocenters. The van der Waals surface area contributed by atoms with E-state index in [1.54, 1.807) is 18.2 Å². The average molecular weight is 264 g/mol. The van der Waals surface area contributed by atoms with Crippen LogP contribution < -0.4 is 9.47 Å². The van der Waals surface area contributed by atoms with E-state index in [-0.39, 0.29) is 5.78 Å². The van der Waals surface area contributed by atoms with Crippen LogP contribution in [0.1, 0.15) is 37.6 Å². The molecule has 0 unspecified atom stereocenters. The van der Waals surface area contributed by atoms with Crippen molar-refractivity contribution in [2.75, 3.05) is 19.8 Å². The molecule has 0 aliphatic carbocycles. The summed E-state index contributed by atoms with van der Waals surface area (Å²) in [6, 6.07) is 5.34. The summed E-state index contributed by atoms with van der Waals surface area (Å²) in [5, 5.41) is 0. The molecule has 0 aromatic heterocycles. The summed E-state index contributed by atoms with van der Waals surface area (Å²) in [6.45, 7) is 7.50. The van der Waals surface area contributed by atoms with Gasteiger partial charge in [0.05, 0.1) is 18.6 Å². The van der Waals surface area contributed by atoms with Crippen LogP contribution in [0.25, 0.3) is 0 Å². The van der Waals surface area contributed by atoms with Crippen molar-refractivity contribution in [2.45, 2.75) is 32.8 Å². The van der Waals surface area contributed by atoms with Crippen molar-refractivity contribution in [3.05, 3.63) is 23.8 Å². The van der Waals surface area contributed by atoms with Gasteiger partial charge < -0.3 is 14.2 Å². The number of hydrogen-bond acceptors (Lipinski definition) is 4. The zero-order valence-electron chi connectivity index (χ0n) is 11.7. The fourth-order valence-corrected chi connectivity index (χ4v) is 2.09. The first-order valence-corrected chi connectivity index (χ1v) is 6.58. The second-order valence-corrected chi connectivity index (χ2v) is 5.17. The van der Waals surface area contributed by atoms with Crippen molar-refractivity contribution >= 4 is 5.78 Å². The number of hydrogen-bond donors (Lipinski definition) is 0. The lowest BCUT2D eigenvalue weighted by Gasteiger charge is -2.31. The Labute approximate surface area is 113 Å². The van der Waals surface area contributed by atoms with E-state index in [1.807, 2.05) is 20.8 Å². The topological polar surface area (TPSA) is 44.8 Å². The third kappa shape index (κ3) is 3.47. The molecule has 0 saturated carbocycles. The van der Waals surface area contributed by atoms with Gasteiger partial charge in [-0.15, -0.1) is 0 Å². The van der Waals surface area contributed by atoms with Crippen LogP contribution in [0.4, 0.5) is 0 Å². The van der Waals surface area contributed by atoms with Crippen LogP contribution in [0, 0.1) is 0 Å². The Morgan fingerprint density at radius 1 is 1.32 bits per heavy atom. The first kappa shape index (κ1) is 13.9. The molecule has 1 heterocycles. The van der Waals surface area contributed by atoms with Gasteiger partial charge in [0.25, 0.3) is 0 Å². The van der Waals surface area contributed by atoms with Crippen molar-refractivity contribution in [3.8, 4) is 11.5 Å². The Morgan fingerprint density at radius 3 is 2.84 bits per heavy atom. The van der Waals surface area contributed by atoms with Crippen LogP contribution in [-0.4, -0.2) is 31.2 Å². The number of fused-ring (bicyclic) bond motifs is 1. The van der Waals surface area contributed by atoms with Gasteiger partial charge in [0.2, 0.25) is 0 Å². The molecule has 104 valence electrons. The molecule has 1 aliphatic heterocycles. The molecule has 0 fully saturated rings. The predicted molar refractivity (Wildman–Crippen MR) is 72.1 cm³/mol. The first-order valence-electron chi connectivity index (χ1n) is 6.58. The standard InChI is InChI=1S/C15H20O4/c1-4-17-7-8-18-11-5-6-12-13(16)10-15(2,3)19-14(12)9-11/h5-6,9H,4,7-8,10H2,1-3H3. The zero-order valence-corrected chi connectivity index (χ0v) is 11.7. The van der Waals surface area contributed by atoms with E-state index in [9.17, 15) is 4.79 Å². The van der Waals surface area contributed by atoms with Crippen LogP contribution >= 0.6 is 0 Å². The Kier molecular flexibility index (Phi) is 4.10. The van der Waals surface area contributed by atoms with Gasteiger partial charge in [-0.1, -0.05) is 0 Å². The molecule has 4 heteroatoms. The highest BCUT2D eigenvalue weighted by molar-refractivity contribution is 6.00. The molecule has 4 nitrogen and oxygen atoms in total. The summed E-state index contributed by atoms with van der Waals surface area (Å²) < 4.78 is 16.6. The lowest BCUT2D eigenvalue weighted by atomic mass is 9.93. The molecule has 2 rings (SSSR count). The van der Waals surface area contributed by atoms with Gasteiger partial charge in [-0.25, -0.2) is 0 Å². The molecule has 0 N–H and O–H groups in total. The van der Waals surface area contributed by atoms with E-state index in [0.717, 1.165) is 0 Å². The summed E-state index contributed by atoms with van der Waals surface area (Å²) in [4.78, 5) is 12.0. The van der Waals surface area contributed by atoms with Gasteiger partial charge in [0.15, 0.2) is 5.78 Å². The maximum atomic E-state index is 12.0. The second kappa shape index (κ2) is 5.61. The van der Waals surface area contributed by atoms with Crippen LogP contribution in [-0.2, 0) is 4.74 Å². The summed E-state index contributed by atoms with van der Waals surface area (Å²) in [5.74, 6) is 1.42. The van der Waals surface area contributed by atoms with E-state index in [4.69, 9.17) is 14.2 Å². The normalized spacial score (nSPS) is 16.7. The van der Waals surface area contributed by atoms with Crippen molar-refractivity contribution in [1.82, 2.24) is 0 Å².